The van der Waals surface area contributed by atoms with E-state index >= 15 is 0 Å². The number of hydrogen-bond donors (Lipinski definition) is 1. The topological polar surface area (TPSA) is 59.1 Å². The third kappa shape index (κ3) is 3.30. The van der Waals surface area contributed by atoms with E-state index in [-0.39, 0.29) is 0 Å². The summed E-state index contributed by atoms with van der Waals surface area (Å²) < 4.78 is 23.1. The lowest BCUT2D eigenvalue weighted by Gasteiger charge is -2.04. The molecule has 4 nitrogen and oxygen atoms in total. The summed E-state index contributed by atoms with van der Waals surface area (Å²) in [7, 11) is -3.06. The van der Waals surface area contributed by atoms with Crippen molar-refractivity contribution in [3.05, 3.63) is 15.6 Å². The standard InChI is InChI=1S/C12H20N2O2S2/c1-4-10-11(7-13-9-5-6-9)17-12(14-10)8(2)18(3,15)16/h8-9,13H,4-7H2,1-3H3. The van der Waals surface area contributed by atoms with Gasteiger partial charge >= 0.3 is 0 Å². The molecule has 1 saturated carbocycles. The van der Waals surface area contributed by atoms with Crippen molar-refractivity contribution in [2.75, 3.05) is 6.26 Å². The minimum absolute atomic E-state index is 0.498. The van der Waals surface area contributed by atoms with E-state index in [1.807, 2.05) is 0 Å². The van der Waals surface area contributed by atoms with E-state index in [2.05, 4.69) is 17.2 Å². The molecule has 1 heterocycles. The molecule has 6 heteroatoms. The molecule has 0 bridgehead atoms. The monoisotopic (exact) mass is 288 g/mol. The number of aryl methyl sites for hydroxylation is 1. The zero-order valence-corrected chi connectivity index (χ0v) is 12.7. The molecular formula is C12H20N2O2S2. The third-order valence-electron chi connectivity index (χ3n) is 3.25. The Morgan fingerprint density at radius 3 is 2.67 bits per heavy atom. The highest BCUT2D eigenvalue weighted by Crippen LogP contribution is 2.29. The van der Waals surface area contributed by atoms with E-state index in [1.54, 1.807) is 6.92 Å². The number of sulfone groups is 1. The molecule has 1 unspecified atom stereocenters. The zero-order valence-electron chi connectivity index (χ0n) is 11.1. The SMILES string of the molecule is CCc1nc(C(C)S(C)(=O)=O)sc1CNC1CC1. The molecule has 1 N–H and O–H groups in total. The highest BCUT2D eigenvalue weighted by molar-refractivity contribution is 7.91. The predicted molar refractivity (Wildman–Crippen MR) is 74.6 cm³/mol. The van der Waals surface area contributed by atoms with E-state index in [0.29, 0.717) is 6.04 Å². The van der Waals surface area contributed by atoms with Crippen LogP contribution in [0.25, 0.3) is 0 Å². The van der Waals surface area contributed by atoms with Crippen molar-refractivity contribution in [1.29, 1.82) is 0 Å². The van der Waals surface area contributed by atoms with Crippen LogP contribution in [0.2, 0.25) is 0 Å². The van der Waals surface area contributed by atoms with Crippen LogP contribution in [0.1, 0.15) is 47.5 Å². The van der Waals surface area contributed by atoms with Gasteiger partial charge < -0.3 is 5.32 Å². The molecule has 0 spiro atoms. The van der Waals surface area contributed by atoms with Gasteiger partial charge in [-0.25, -0.2) is 13.4 Å². The van der Waals surface area contributed by atoms with Crippen LogP contribution >= 0.6 is 11.3 Å². The van der Waals surface area contributed by atoms with Crippen LogP contribution < -0.4 is 5.32 Å². The summed E-state index contributed by atoms with van der Waals surface area (Å²) in [4.78, 5) is 5.68. The maximum absolute atomic E-state index is 11.6. The molecule has 2 rings (SSSR count). The Kier molecular flexibility index (Phi) is 4.08. The lowest BCUT2D eigenvalue weighted by Crippen LogP contribution is -2.15. The van der Waals surface area contributed by atoms with Gasteiger partial charge in [0.1, 0.15) is 10.3 Å². The average Bonchev–Trinajstić information content (AvgIpc) is 3.03. The molecule has 0 radical (unpaired) electrons. The number of nitrogens with one attached hydrogen (secondary N) is 1. The first-order valence-corrected chi connectivity index (χ1v) is 9.09. The third-order valence-corrected chi connectivity index (χ3v) is 6.19. The van der Waals surface area contributed by atoms with Crippen LogP contribution in [0.3, 0.4) is 0 Å². The van der Waals surface area contributed by atoms with Gasteiger partial charge in [0, 0.05) is 23.7 Å². The highest BCUT2D eigenvalue weighted by atomic mass is 32.2. The summed E-state index contributed by atoms with van der Waals surface area (Å²) in [5.41, 5.74) is 1.04. The van der Waals surface area contributed by atoms with Gasteiger partial charge in [0.25, 0.3) is 0 Å². The second-order valence-corrected chi connectivity index (χ2v) is 8.38. The van der Waals surface area contributed by atoms with Crippen molar-refractivity contribution < 1.29 is 8.42 Å². The highest BCUT2D eigenvalue weighted by Gasteiger charge is 2.24. The smallest absolute Gasteiger partial charge is 0.156 e. The van der Waals surface area contributed by atoms with Crippen molar-refractivity contribution in [2.45, 2.75) is 50.9 Å². The summed E-state index contributed by atoms with van der Waals surface area (Å²) in [6.45, 7) is 4.60. The maximum atomic E-state index is 11.6. The van der Waals surface area contributed by atoms with Gasteiger partial charge in [0.05, 0.1) is 5.69 Å². The van der Waals surface area contributed by atoms with Gasteiger partial charge in [0.15, 0.2) is 9.84 Å². The first-order valence-electron chi connectivity index (χ1n) is 6.32. The van der Waals surface area contributed by atoms with E-state index in [9.17, 15) is 8.42 Å². The summed E-state index contributed by atoms with van der Waals surface area (Å²) in [6, 6.07) is 0.660. The molecule has 1 aromatic rings. The summed E-state index contributed by atoms with van der Waals surface area (Å²) in [6.07, 6.45) is 4.64. The van der Waals surface area contributed by atoms with Crippen molar-refractivity contribution in [1.82, 2.24) is 10.3 Å². The lowest BCUT2D eigenvalue weighted by molar-refractivity contribution is 0.592. The molecule has 102 valence electrons. The molecule has 1 aromatic heterocycles. The Balaban J connectivity index is 2.16. The molecule has 1 atom stereocenters. The Labute approximate surface area is 113 Å². The summed E-state index contributed by atoms with van der Waals surface area (Å²) >= 11 is 1.54. The molecule has 1 aliphatic carbocycles. The fraction of sp³-hybridized carbons (Fsp3) is 0.750. The molecule has 0 amide bonds. The van der Waals surface area contributed by atoms with E-state index in [1.165, 1.54) is 35.3 Å². The average molecular weight is 288 g/mol. The fourth-order valence-electron chi connectivity index (χ4n) is 1.70. The van der Waals surface area contributed by atoms with E-state index < -0.39 is 15.1 Å². The summed E-state index contributed by atoms with van der Waals surface area (Å²) in [5.74, 6) is 0. The molecule has 1 fully saturated rings. The number of rotatable bonds is 6. The zero-order chi connectivity index (χ0) is 13.3. The normalized spacial score (nSPS) is 17.9. The first-order chi connectivity index (χ1) is 8.41. The van der Waals surface area contributed by atoms with E-state index in [4.69, 9.17) is 0 Å². The quantitative estimate of drug-likeness (QED) is 0.870. The van der Waals surface area contributed by atoms with Gasteiger partial charge in [-0.05, 0) is 26.2 Å². The number of nitrogens with zero attached hydrogens (tertiary/aromatic N) is 1. The Morgan fingerprint density at radius 1 is 1.50 bits per heavy atom. The fourth-order valence-corrected chi connectivity index (χ4v) is 3.82. The van der Waals surface area contributed by atoms with Crippen LogP contribution in [0.4, 0.5) is 0 Å². The molecule has 1 aliphatic rings. The molecular weight excluding hydrogens is 268 g/mol. The minimum atomic E-state index is -3.06. The maximum Gasteiger partial charge on any atom is 0.156 e. The summed E-state index contributed by atoms with van der Waals surface area (Å²) in [5, 5.41) is 3.69. The van der Waals surface area contributed by atoms with Gasteiger partial charge in [0.2, 0.25) is 0 Å². The number of thiazole rings is 1. The molecule has 18 heavy (non-hydrogen) atoms. The van der Waals surface area contributed by atoms with Crippen LogP contribution in [0.5, 0.6) is 0 Å². The van der Waals surface area contributed by atoms with Crippen LogP contribution in [-0.4, -0.2) is 25.7 Å². The van der Waals surface area contributed by atoms with Crippen molar-refractivity contribution in [3.63, 3.8) is 0 Å². The second kappa shape index (κ2) is 5.27. The van der Waals surface area contributed by atoms with Gasteiger partial charge in [-0.2, -0.15) is 0 Å². The number of aromatic nitrogens is 1. The lowest BCUT2D eigenvalue weighted by atomic mass is 10.3. The van der Waals surface area contributed by atoms with Gasteiger partial charge in [-0.3, -0.25) is 0 Å². The Morgan fingerprint density at radius 2 is 2.17 bits per heavy atom. The van der Waals surface area contributed by atoms with Crippen LogP contribution in [0.15, 0.2) is 0 Å². The van der Waals surface area contributed by atoms with Gasteiger partial charge in [-0.1, -0.05) is 6.92 Å². The van der Waals surface area contributed by atoms with E-state index in [0.717, 1.165) is 23.7 Å². The molecule has 0 aromatic carbocycles. The molecule has 0 saturated heterocycles. The van der Waals surface area contributed by atoms with Crippen molar-refractivity contribution in [3.8, 4) is 0 Å². The predicted octanol–water partition coefficient (Wildman–Crippen LogP) is 2.06. The largest absolute Gasteiger partial charge is 0.309 e. The molecule has 0 aliphatic heterocycles. The number of hydrogen-bond acceptors (Lipinski definition) is 5. The Bertz CT molecular complexity index is 518. The van der Waals surface area contributed by atoms with Crippen molar-refractivity contribution >= 4 is 21.2 Å². The van der Waals surface area contributed by atoms with Crippen LogP contribution in [0, 0.1) is 0 Å². The van der Waals surface area contributed by atoms with Crippen LogP contribution in [-0.2, 0) is 22.8 Å². The van der Waals surface area contributed by atoms with Gasteiger partial charge in [-0.15, -0.1) is 11.3 Å². The Hall–Kier alpha value is -0.460. The van der Waals surface area contributed by atoms with Crippen molar-refractivity contribution in [2.24, 2.45) is 0 Å². The minimum Gasteiger partial charge on any atom is -0.309 e. The second-order valence-electron chi connectivity index (χ2n) is 4.90. The first kappa shape index (κ1) is 14.0.